The Balaban J connectivity index is 2.34. The van der Waals surface area contributed by atoms with Gasteiger partial charge in [0, 0.05) is 17.3 Å². The minimum atomic E-state index is -0.933. The van der Waals surface area contributed by atoms with E-state index in [0.717, 1.165) is 5.56 Å². The summed E-state index contributed by atoms with van der Waals surface area (Å²) in [5.41, 5.74) is 2.54. The van der Waals surface area contributed by atoms with Crippen LogP contribution in [0.2, 0.25) is 0 Å². The average molecular weight is 245 g/mol. The van der Waals surface area contributed by atoms with Crippen LogP contribution >= 0.6 is 0 Å². The number of hydrogen-bond acceptors (Lipinski definition) is 2. The zero-order valence-corrected chi connectivity index (χ0v) is 9.85. The monoisotopic (exact) mass is 245 g/mol. The van der Waals surface area contributed by atoms with Crippen LogP contribution in [0.1, 0.15) is 11.3 Å². The van der Waals surface area contributed by atoms with Crippen LogP contribution in [0.15, 0.2) is 36.5 Å². The molecule has 0 atom stereocenters. The van der Waals surface area contributed by atoms with E-state index in [1.54, 1.807) is 24.3 Å². The first-order chi connectivity index (χ1) is 8.56. The Hall–Kier alpha value is -2.23. The van der Waals surface area contributed by atoms with Gasteiger partial charge in [0.05, 0.1) is 12.1 Å². The third-order valence-electron chi connectivity index (χ3n) is 2.59. The fourth-order valence-electron chi connectivity index (χ4n) is 1.70. The second-order valence-electron chi connectivity index (χ2n) is 4.09. The molecule has 0 fully saturated rings. The second kappa shape index (κ2) is 4.96. The summed E-state index contributed by atoms with van der Waals surface area (Å²) < 4.78 is 13.6. The third-order valence-corrected chi connectivity index (χ3v) is 2.59. The highest BCUT2D eigenvalue weighted by Crippen LogP contribution is 2.23. The van der Waals surface area contributed by atoms with Crippen LogP contribution in [0.25, 0.3) is 11.1 Å². The lowest BCUT2D eigenvalue weighted by Gasteiger charge is -2.05. The van der Waals surface area contributed by atoms with Crippen molar-refractivity contribution in [2.24, 2.45) is 0 Å². The topological polar surface area (TPSA) is 50.2 Å². The van der Waals surface area contributed by atoms with E-state index in [0.29, 0.717) is 16.8 Å². The molecule has 1 aromatic carbocycles. The lowest BCUT2D eigenvalue weighted by atomic mass is 10.0. The summed E-state index contributed by atoms with van der Waals surface area (Å²) in [7, 11) is 0. The number of aryl methyl sites for hydroxylation is 1. The standard InChI is InChI=1S/C14H12FNO2/c1-9-2-5-13(15)12(6-9)10-3-4-11(16-8-10)7-14(17)18/h2-6,8H,7H2,1H3,(H,17,18). The maximum absolute atomic E-state index is 13.6. The highest BCUT2D eigenvalue weighted by molar-refractivity contribution is 5.70. The summed E-state index contributed by atoms with van der Waals surface area (Å²) >= 11 is 0. The molecule has 0 amide bonds. The van der Waals surface area contributed by atoms with E-state index in [1.165, 1.54) is 12.3 Å². The normalized spacial score (nSPS) is 10.3. The number of carboxylic acid groups (broad SMARTS) is 1. The molecule has 92 valence electrons. The molecule has 2 aromatic rings. The summed E-state index contributed by atoms with van der Waals surface area (Å²) in [5.74, 6) is -1.25. The molecule has 18 heavy (non-hydrogen) atoms. The molecule has 0 aliphatic rings. The van der Waals surface area contributed by atoms with Crippen molar-refractivity contribution in [1.29, 1.82) is 0 Å². The van der Waals surface area contributed by atoms with Gasteiger partial charge in [-0.15, -0.1) is 0 Å². The van der Waals surface area contributed by atoms with Gasteiger partial charge in [-0.05, 0) is 25.1 Å². The molecule has 0 saturated heterocycles. The van der Waals surface area contributed by atoms with Gasteiger partial charge in [0.2, 0.25) is 0 Å². The first-order valence-electron chi connectivity index (χ1n) is 5.49. The lowest BCUT2D eigenvalue weighted by molar-refractivity contribution is -0.136. The molecule has 0 aliphatic carbocycles. The number of carboxylic acids is 1. The zero-order chi connectivity index (χ0) is 13.1. The smallest absolute Gasteiger partial charge is 0.309 e. The Morgan fingerprint density at radius 2 is 2.11 bits per heavy atom. The number of halogens is 1. The van der Waals surface area contributed by atoms with Gasteiger partial charge in [-0.1, -0.05) is 17.7 Å². The predicted octanol–water partition coefficient (Wildman–Crippen LogP) is 2.82. The number of pyridine rings is 1. The fourth-order valence-corrected chi connectivity index (χ4v) is 1.70. The summed E-state index contributed by atoms with van der Waals surface area (Å²) in [5, 5.41) is 8.63. The van der Waals surface area contributed by atoms with Gasteiger partial charge in [-0.2, -0.15) is 0 Å². The molecule has 0 saturated carbocycles. The third kappa shape index (κ3) is 2.71. The van der Waals surface area contributed by atoms with Crippen molar-refractivity contribution in [1.82, 2.24) is 4.98 Å². The predicted molar refractivity (Wildman–Crippen MR) is 65.7 cm³/mol. The molecule has 1 heterocycles. The molecule has 0 spiro atoms. The number of hydrogen-bond donors (Lipinski definition) is 1. The van der Waals surface area contributed by atoms with Crippen LogP contribution in [0, 0.1) is 12.7 Å². The molecular formula is C14H12FNO2. The van der Waals surface area contributed by atoms with E-state index in [4.69, 9.17) is 5.11 Å². The molecule has 0 unspecified atom stereocenters. The Morgan fingerprint density at radius 1 is 1.33 bits per heavy atom. The van der Waals surface area contributed by atoms with E-state index in [1.807, 2.05) is 6.92 Å². The van der Waals surface area contributed by atoms with Gasteiger partial charge in [0.25, 0.3) is 0 Å². The van der Waals surface area contributed by atoms with Crippen LogP contribution in [-0.4, -0.2) is 16.1 Å². The number of aromatic nitrogens is 1. The van der Waals surface area contributed by atoms with Crippen LogP contribution in [-0.2, 0) is 11.2 Å². The summed E-state index contributed by atoms with van der Waals surface area (Å²) in [6.07, 6.45) is 1.37. The fraction of sp³-hybridized carbons (Fsp3) is 0.143. The molecule has 1 N–H and O–H groups in total. The van der Waals surface area contributed by atoms with Crippen molar-refractivity contribution in [3.63, 3.8) is 0 Å². The summed E-state index contributed by atoms with van der Waals surface area (Å²) in [6, 6.07) is 8.14. The van der Waals surface area contributed by atoms with E-state index in [-0.39, 0.29) is 12.2 Å². The van der Waals surface area contributed by atoms with Crippen molar-refractivity contribution >= 4 is 5.97 Å². The Bertz CT molecular complexity index is 579. The van der Waals surface area contributed by atoms with Gasteiger partial charge in [0.1, 0.15) is 5.82 Å². The molecule has 0 aliphatic heterocycles. The number of carbonyl (C=O) groups is 1. The molecule has 0 radical (unpaired) electrons. The molecule has 0 bridgehead atoms. The number of rotatable bonds is 3. The SMILES string of the molecule is Cc1ccc(F)c(-c2ccc(CC(=O)O)nc2)c1. The highest BCUT2D eigenvalue weighted by Gasteiger charge is 2.07. The Kier molecular flexibility index (Phi) is 3.37. The van der Waals surface area contributed by atoms with Crippen LogP contribution in [0.5, 0.6) is 0 Å². The molecule has 1 aromatic heterocycles. The first kappa shape index (κ1) is 12.2. The van der Waals surface area contributed by atoms with Crippen molar-refractivity contribution in [3.8, 4) is 11.1 Å². The minimum absolute atomic E-state index is 0.128. The Morgan fingerprint density at radius 3 is 2.72 bits per heavy atom. The van der Waals surface area contributed by atoms with E-state index < -0.39 is 5.97 Å². The number of benzene rings is 1. The van der Waals surface area contributed by atoms with E-state index >= 15 is 0 Å². The lowest BCUT2D eigenvalue weighted by Crippen LogP contribution is -2.02. The van der Waals surface area contributed by atoms with Crippen molar-refractivity contribution in [2.45, 2.75) is 13.3 Å². The molecule has 2 rings (SSSR count). The highest BCUT2D eigenvalue weighted by atomic mass is 19.1. The van der Waals surface area contributed by atoms with Crippen molar-refractivity contribution < 1.29 is 14.3 Å². The molecular weight excluding hydrogens is 233 g/mol. The maximum Gasteiger partial charge on any atom is 0.309 e. The molecule has 4 heteroatoms. The van der Waals surface area contributed by atoms with Crippen molar-refractivity contribution in [3.05, 3.63) is 53.6 Å². The van der Waals surface area contributed by atoms with E-state index in [9.17, 15) is 9.18 Å². The Labute approximate surface area is 104 Å². The van der Waals surface area contributed by atoms with Crippen LogP contribution < -0.4 is 0 Å². The van der Waals surface area contributed by atoms with Crippen molar-refractivity contribution in [2.75, 3.05) is 0 Å². The van der Waals surface area contributed by atoms with Gasteiger partial charge < -0.3 is 5.11 Å². The minimum Gasteiger partial charge on any atom is -0.481 e. The second-order valence-corrected chi connectivity index (χ2v) is 4.09. The quantitative estimate of drug-likeness (QED) is 0.904. The number of aliphatic carboxylic acids is 1. The van der Waals surface area contributed by atoms with Gasteiger partial charge >= 0.3 is 5.97 Å². The first-order valence-corrected chi connectivity index (χ1v) is 5.49. The molecule has 3 nitrogen and oxygen atoms in total. The maximum atomic E-state index is 13.6. The van der Waals surface area contributed by atoms with Gasteiger partial charge in [-0.3, -0.25) is 9.78 Å². The number of nitrogens with zero attached hydrogens (tertiary/aromatic N) is 1. The average Bonchev–Trinajstić information content (AvgIpc) is 2.33. The van der Waals surface area contributed by atoms with Crippen LogP contribution in [0.4, 0.5) is 4.39 Å². The van der Waals surface area contributed by atoms with Gasteiger partial charge in [-0.25, -0.2) is 4.39 Å². The zero-order valence-electron chi connectivity index (χ0n) is 9.85. The van der Waals surface area contributed by atoms with Gasteiger partial charge in [0.15, 0.2) is 0 Å². The van der Waals surface area contributed by atoms with E-state index in [2.05, 4.69) is 4.98 Å². The summed E-state index contributed by atoms with van der Waals surface area (Å²) in [6.45, 7) is 1.88. The summed E-state index contributed by atoms with van der Waals surface area (Å²) in [4.78, 5) is 14.5. The largest absolute Gasteiger partial charge is 0.481 e. The van der Waals surface area contributed by atoms with Crippen LogP contribution in [0.3, 0.4) is 0 Å².